The average molecular weight is 406 g/mol. The fourth-order valence-electron chi connectivity index (χ4n) is 3.92. The van der Waals surface area contributed by atoms with E-state index in [1.807, 2.05) is 42.5 Å². The molecule has 0 atom stereocenters. The number of methoxy groups -OCH3 is 4. The van der Waals surface area contributed by atoms with E-state index in [1.165, 1.54) is 0 Å². The van der Waals surface area contributed by atoms with Gasteiger partial charge in [-0.3, -0.25) is 0 Å². The molecule has 0 amide bonds. The summed E-state index contributed by atoms with van der Waals surface area (Å²) in [6.45, 7) is 0. The third-order valence-electron chi connectivity index (χ3n) is 5.35. The highest BCUT2D eigenvalue weighted by atomic mass is 16.6. The van der Waals surface area contributed by atoms with Crippen LogP contribution in [0.5, 0.6) is 23.0 Å². The average Bonchev–Trinajstić information content (AvgIpc) is 3.11. The molecule has 1 heterocycles. The second kappa shape index (κ2) is 7.63. The lowest BCUT2D eigenvalue weighted by molar-refractivity contribution is 0.0250. The highest BCUT2D eigenvalue weighted by molar-refractivity contribution is 5.96. The summed E-state index contributed by atoms with van der Waals surface area (Å²) in [6, 6.07) is 18.3. The molecule has 6 nitrogen and oxygen atoms in total. The van der Waals surface area contributed by atoms with E-state index in [1.54, 1.807) is 46.6 Å². The van der Waals surface area contributed by atoms with Crippen molar-refractivity contribution in [3.63, 3.8) is 0 Å². The smallest absolute Gasteiger partial charge is 0.340 e. The van der Waals surface area contributed by atoms with E-state index in [9.17, 15) is 4.79 Å². The van der Waals surface area contributed by atoms with E-state index < -0.39 is 11.6 Å². The van der Waals surface area contributed by atoms with Crippen molar-refractivity contribution in [2.45, 2.75) is 5.60 Å². The van der Waals surface area contributed by atoms with Gasteiger partial charge in [0.15, 0.2) is 28.6 Å². The molecule has 1 aliphatic rings. The molecule has 4 rings (SSSR count). The van der Waals surface area contributed by atoms with E-state index in [-0.39, 0.29) is 0 Å². The summed E-state index contributed by atoms with van der Waals surface area (Å²) in [5.74, 6) is 1.85. The van der Waals surface area contributed by atoms with Crippen molar-refractivity contribution in [2.24, 2.45) is 0 Å². The third kappa shape index (κ3) is 2.84. The summed E-state index contributed by atoms with van der Waals surface area (Å²) in [5.41, 5.74) is 1.54. The van der Waals surface area contributed by atoms with Crippen molar-refractivity contribution < 1.29 is 28.5 Å². The molecule has 6 heteroatoms. The lowest BCUT2D eigenvalue weighted by atomic mass is 9.79. The summed E-state index contributed by atoms with van der Waals surface area (Å²) in [6.07, 6.45) is 0. The van der Waals surface area contributed by atoms with Gasteiger partial charge in [0.1, 0.15) is 0 Å². The predicted molar refractivity (Wildman–Crippen MR) is 111 cm³/mol. The number of esters is 1. The van der Waals surface area contributed by atoms with E-state index in [0.717, 1.165) is 16.7 Å². The number of hydrogen-bond donors (Lipinski definition) is 0. The van der Waals surface area contributed by atoms with Crippen LogP contribution < -0.4 is 18.9 Å². The Labute approximate surface area is 174 Å². The predicted octanol–water partition coefficient (Wildman–Crippen LogP) is 4.18. The van der Waals surface area contributed by atoms with Crippen molar-refractivity contribution in [3.05, 3.63) is 82.9 Å². The Balaban J connectivity index is 2.03. The maximum Gasteiger partial charge on any atom is 0.340 e. The Morgan fingerprint density at radius 3 is 1.67 bits per heavy atom. The number of carbonyl (C=O) groups excluding carboxylic acids is 1. The number of fused-ring (bicyclic) bond motifs is 1. The monoisotopic (exact) mass is 406 g/mol. The Bertz CT molecular complexity index is 1050. The number of cyclic esters (lactones) is 1. The highest BCUT2D eigenvalue weighted by Gasteiger charge is 2.49. The summed E-state index contributed by atoms with van der Waals surface area (Å²) in [4.78, 5) is 12.8. The van der Waals surface area contributed by atoms with Gasteiger partial charge in [0.05, 0.1) is 34.0 Å². The first-order valence-corrected chi connectivity index (χ1v) is 9.37. The van der Waals surface area contributed by atoms with Crippen LogP contribution >= 0.6 is 0 Å². The third-order valence-corrected chi connectivity index (χ3v) is 5.35. The van der Waals surface area contributed by atoms with Gasteiger partial charge in [0, 0.05) is 16.7 Å². The fraction of sp³-hybridized carbons (Fsp3) is 0.208. The van der Waals surface area contributed by atoms with Crippen LogP contribution in [0.4, 0.5) is 0 Å². The molecular weight excluding hydrogens is 384 g/mol. The zero-order chi connectivity index (χ0) is 21.3. The molecule has 0 aromatic heterocycles. The maximum atomic E-state index is 12.8. The maximum absolute atomic E-state index is 12.8. The van der Waals surface area contributed by atoms with Crippen LogP contribution in [-0.2, 0) is 10.3 Å². The van der Waals surface area contributed by atoms with Gasteiger partial charge in [-0.25, -0.2) is 4.79 Å². The SMILES string of the molecule is COc1ccc(C2(c3ccc(OC)c(OC)c3)OC(=O)c3ccccc32)cc1OC. The van der Waals surface area contributed by atoms with Crippen LogP contribution in [0.2, 0.25) is 0 Å². The molecule has 0 fully saturated rings. The Morgan fingerprint density at radius 2 is 1.17 bits per heavy atom. The normalized spacial score (nSPS) is 13.9. The van der Waals surface area contributed by atoms with Crippen molar-refractivity contribution in [2.75, 3.05) is 28.4 Å². The topological polar surface area (TPSA) is 63.2 Å². The summed E-state index contributed by atoms with van der Waals surface area (Å²) < 4.78 is 27.9. The van der Waals surface area contributed by atoms with Crippen LogP contribution in [0.1, 0.15) is 27.0 Å². The van der Waals surface area contributed by atoms with Gasteiger partial charge < -0.3 is 23.7 Å². The van der Waals surface area contributed by atoms with Gasteiger partial charge in [-0.1, -0.05) is 30.3 Å². The van der Waals surface area contributed by atoms with E-state index in [0.29, 0.717) is 28.6 Å². The molecule has 0 radical (unpaired) electrons. The van der Waals surface area contributed by atoms with Gasteiger partial charge in [-0.2, -0.15) is 0 Å². The minimum absolute atomic E-state index is 0.393. The molecule has 0 saturated heterocycles. The molecule has 1 aliphatic heterocycles. The zero-order valence-corrected chi connectivity index (χ0v) is 17.2. The van der Waals surface area contributed by atoms with Gasteiger partial charge >= 0.3 is 5.97 Å². The molecule has 30 heavy (non-hydrogen) atoms. The zero-order valence-electron chi connectivity index (χ0n) is 17.2. The number of ether oxygens (including phenoxy) is 5. The van der Waals surface area contributed by atoms with Crippen LogP contribution in [0.25, 0.3) is 0 Å². The first-order chi connectivity index (χ1) is 14.6. The molecule has 0 saturated carbocycles. The quantitative estimate of drug-likeness (QED) is 0.572. The molecule has 3 aromatic rings. The molecule has 0 unspecified atom stereocenters. The second-order valence-electron chi connectivity index (χ2n) is 6.76. The summed E-state index contributed by atoms with van der Waals surface area (Å²) in [7, 11) is 6.29. The molecule has 0 spiro atoms. The largest absolute Gasteiger partial charge is 0.493 e. The minimum Gasteiger partial charge on any atom is -0.493 e. The van der Waals surface area contributed by atoms with Gasteiger partial charge in [0.2, 0.25) is 0 Å². The van der Waals surface area contributed by atoms with E-state index >= 15 is 0 Å². The Morgan fingerprint density at radius 1 is 0.667 bits per heavy atom. The van der Waals surface area contributed by atoms with Gasteiger partial charge in [0.25, 0.3) is 0 Å². The fourth-order valence-corrected chi connectivity index (χ4v) is 3.92. The van der Waals surface area contributed by atoms with Crippen LogP contribution in [-0.4, -0.2) is 34.4 Å². The number of benzene rings is 3. The van der Waals surface area contributed by atoms with Crippen molar-refractivity contribution >= 4 is 5.97 Å². The molecule has 3 aromatic carbocycles. The Kier molecular flexibility index (Phi) is 4.99. The summed E-state index contributed by atoms with van der Waals surface area (Å²) >= 11 is 0. The van der Waals surface area contributed by atoms with Gasteiger partial charge in [-0.05, 0) is 30.3 Å². The highest BCUT2D eigenvalue weighted by Crippen LogP contribution is 2.49. The second-order valence-corrected chi connectivity index (χ2v) is 6.76. The molecular formula is C24H22O6. The molecule has 154 valence electrons. The molecule has 0 N–H and O–H groups in total. The van der Waals surface area contributed by atoms with Crippen LogP contribution in [0, 0.1) is 0 Å². The lowest BCUT2D eigenvalue weighted by Crippen LogP contribution is -2.29. The molecule has 0 bridgehead atoms. The van der Waals surface area contributed by atoms with Crippen molar-refractivity contribution in [1.82, 2.24) is 0 Å². The van der Waals surface area contributed by atoms with Crippen LogP contribution in [0.15, 0.2) is 60.7 Å². The van der Waals surface area contributed by atoms with E-state index in [2.05, 4.69) is 0 Å². The first kappa shape index (κ1) is 19.6. The number of carbonyl (C=O) groups is 1. The van der Waals surface area contributed by atoms with Crippen molar-refractivity contribution in [3.8, 4) is 23.0 Å². The number of rotatable bonds is 6. The lowest BCUT2D eigenvalue weighted by Gasteiger charge is -2.31. The van der Waals surface area contributed by atoms with Crippen molar-refractivity contribution in [1.29, 1.82) is 0 Å². The standard InChI is InChI=1S/C24H22O6/c1-26-19-11-9-15(13-21(19)28-3)24(16-10-12-20(27-2)22(14-16)29-4)18-8-6-5-7-17(18)23(25)30-24/h5-14H,1-4H3. The minimum atomic E-state index is -1.17. The van der Waals surface area contributed by atoms with Crippen LogP contribution in [0.3, 0.4) is 0 Å². The first-order valence-electron chi connectivity index (χ1n) is 9.37. The van der Waals surface area contributed by atoms with Gasteiger partial charge in [-0.15, -0.1) is 0 Å². The van der Waals surface area contributed by atoms with E-state index in [4.69, 9.17) is 23.7 Å². The number of hydrogen-bond acceptors (Lipinski definition) is 6. The molecule has 0 aliphatic carbocycles. The summed E-state index contributed by atoms with van der Waals surface area (Å²) in [5, 5.41) is 0. The Hall–Kier alpha value is -3.67.